The average molecular weight is 279 g/mol. The molecule has 1 aromatic carbocycles. The number of β-amino-alcohol motifs (C(OH)–C–C–N with tert-alkyl or cyclic N) is 2. The largest absolute Gasteiger partial charge is 0.483 e. The molecule has 20 heavy (non-hydrogen) atoms. The van der Waals surface area contributed by atoms with Crippen LogP contribution < -0.4 is 4.74 Å². The molecule has 0 aliphatic carbocycles. The summed E-state index contributed by atoms with van der Waals surface area (Å²) >= 11 is 0. The van der Waals surface area contributed by atoms with E-state index in [1.807, 2.05) is 32.9 Å². The lowest BCUT2D eigenvalue weighted by molar-refractivity contribution is -0.132. The van der Waals surface area contributed by atoms with E-state index < -0.39 is 12.2 Å². The fourth-order valence-electron chi connectivity index (χ4n) is 2.59. The van der Waals surface area contributed by atoms with Gasteiger partial charge < -0.3 is 19.8 Å². The van der Waals surface area contributed by atoms with Gasteiger partial charge in [-0.25, -0.2) is 0 Å². The molecule has 0 unspecified atom stereocenters. The molecule has 0 bridgehead atoms. The predicted octanol–water partition coefficient (Wildman–Crippen LogP) is 0.555. The normalized spacial score (nSPS) is 22.1. The molecular weight excluding hydrogens is 258 g/mol. The van der Waals surface area contributed by atoms with E-state index >= 15 is 0 Å². The van der Waals surface area contributed by atoms with Crippen molar-refractivity contribution in [1.29, 1.82) is 0 Å². The number of carbonyl (C=O) groups is 1. The van der Waals surface area contributed by atoms with Gasteiger partial charge in [-0.05, 0) is 31.9 Å². The number of ether oxygens (including phenoxy) is 1. The first-order chi connectivity index (χ1) is 9.38. The van der Waals surface area contributed by atoms with Gasteiger partial charge in [-0.2, -0.15) is 0 Å². The van der Waals surface area contributed by atoms with Gasteiger partial charge in [-0.15, -0.1) is 0 Å². The zero-order valence-electron chi connectivity index (χ0n) is 12.1. The highest BCUT2D eigenvalue weighted by molar-refractivity contribution is 5.78. The fraction of sp³-hybridized carbons (Fsp3) is 0.533. The zero-order valence-corrected chi connectivity index (χ0v) is 12.1. The number of hydrogen-bond acceptors (Lipinski definition) is 4. The van der Waals surface area contributed by atoms with E-state index in [1.165, 1.54) is 4.90 Å². The van der Waals surface area contributed by atoms with Gasteiger partial charge in [-0.3, -0.25) is 4.79 Å². The first-order valence-corrected chi connectivity index (χ1v) is 6.73. The number of hydrogen-bond donors (Lipinski definition) is 2. The lowest BCUT2D eigenvalue weighted by atomic mass is 10.1. The monoisotopic (exact) mass is 279 g/mol. The second kappa shape index (κ2) is 5.81. The number of carbonyl (C=O) groups excluding carboxylic acids is 1. The van der Waals surface area contributed by atoms with Gasteiger partial charge in [0.15, 0.2) is 6.61 Å². The van der Waals surface area contributed by atoms with Crippen LogP contribution >= 0.6 is 0 Å². The second-order valence-corrected chi connectivity index (χ2v) is 5.45. The molecule has 1 saturated heterocycles. The molecular formula is C15H21NO4. The molecule has 1 heterocycles. The lowest BCUT2D eigenvalue weighted by Crippen LogP contribution is -2.34. The Morgan fingerprint density at radius 3 is 2.20 bits per heavy atom. The summed E-state index contributed by atoms with van der Waals surface area (Å²) in [6.07, 6.45) is -1.72. The third kappa shape index (κ3) is 3.11. The molecule has 1 fully saturated rings. The van der Waals surface area contributed by atoms with Gasteiger partial charge in [0, 0.05) is 13.1 Å². The van der Waals surface area contributed by atoms with Crippen LogP contribution in [0.5, 0.6) is 5.75 Å². The predicted molar refractivity (Wildman–Crippen MR) is 74.7 cm³/mol. The minimum atomic E-state index is -0.859. The van der Waals surface area contributed by atoms with Crippen LogP contribution in [-0.2, 0) is 4.79 Å². The SMILES string of the molecule is Cc1cc(C)c(OCC(=O)N2C[C@@H](O)[C@@H](O)C2)c(C)c1. The lowest BCUT2D eigenvalue weighted by Gasteiger charge is -2.17. The van der Waals surface area contributed by atoms with Crippen molar-refractivity contribution in [3.05, 3.63) is 28.8 Å². The third-order valence-electron chi connectivity index (χ3n) is 3.56. The maximum atomic E-state index is 12.0. The van der Waals surface area contributed by atoms with Crippen LogP contribution in [-0.4, -0.2) is 52.9 Å². The fourth-order valence-corrected chi connectivity index (χ4v) is 2.59. The molecule has 1 aliphatic heterocycles. The molecule has 0 spiro atoms. The highest BCUT2D eigenvalue weighted by Crippen LogP contribution is 2.24. The van der Waals surface area contributed by atoms with Crippen molar-refractivity contribution in [2.24, 2.45) is 0 Å². The Hall–Kier alpha value is -1.59. The van der Waals surface area contributed by atoms with Crippen LogP contribution in [0.2, 0.25) is 0 Å². The van der Waals surface area contributed by atoms with E-state index in [4.69, 9.17) is 4.74 Å². The number of nitrogens with zero attached hydrogens (tertiary/aromatic N) is 1. The summed E-state index contributed by atoms with van der Waals surface area (Å²) in [5.74, 6) is 0.504. The van der Waals surface area contributed by atoms with E-state index in [0.29, 0.717) is 0 Å². The smallest absolute Gasteiger partial charge is 0.260 e. The highest BCUT2D eigenvalue weighted by atomic mass is 16.5. The van der Waals surface area contributed by atoms with Crippen molar-refractivity contribution in [2.75, 3.05) is 19.7 Å². The maximum absolute atomic E-state index is 12.0. The Labute approximate surface area is 118 Å². The Bertz CT molecular complexity index is 482. The molecule has 0 radical (unpaired) electrons. The Balaban J connectivity index is 1.98. The van der Waals surface area contributed by atoms with Crippen molar-refractivity contribution in [2.45, 2.75) is 33.0 Å². The number of benzene rings is 1. The summed E-state index contributed by atoms with van der Waals surface area (Å²) in [6.45, 7) is 6.16. The van der Waals surface area contributed by atoms with Crippen LogP contribution in [0.4, 0.5) is 0 Å². The summed E-state index contributed by atoms with van der Waals surface area (Å²) < 4.78 is 5.61. The molecule has 1 aromatic rings. The van der Waals surface area contributed by atoms with E-state index in [0.717, 1.165) is 22.4 Å². The molecule has 1 aliphatic rings. The number of rotatable bonds is 3. The van der Waals surface area contributed by atoms with Crippen molar-refractivity contribution < 1.29 is 19.7 Å². The minimum absolute atomic E-state index is 0.0792. The van der Waals surface area contributed by atoms with Crippen molar-refractivity contribution >= 4 is 5.91 Å². The average Bonchev–Trinajstić information content (AvgIpc) is 2.68. The van der Waals surface area contributed by atoms with E-state index in [1.54, 1.807) is 0 Å². The van der Waals surface area contributed by atoms with Crippen molar-refractivity contribution in [1.82, 2.24) is 4.90 Å². The van der Waals surface area contributed by atoms with Gasteiger partial charge in [0.2, 0.25) is 0 Å². The molecule has 2 rings (SSSR count). The van der Waals surface area contributed by atoms with Gasteiger partial charge in [-0.1, -0.05) is 17.7 Å². The molecule has 0 saturated carbocycles. The van der Waals surface area contributed by atoms with Crippen LogP contribution in [0, 0.1) is 20.8 Å². The summed E-state index contributed by atoms with van der Waals surface area (Å²) in [4.78, 5) is 13.4. The zero-order chi connectivity index (χ0) is 14.9. The number of amides is 1. The number of likely N-dealkylation sites (tertiary alicyclic amines) is 1. The molecule has 5 heteroatoms. The maximum Gasteiger partial charge on any atom is 0.260 e. The summed E-state index contributed by atoms with van der Waals surface area (Å²) in [5.41, 5.74) is 3.15. The van der Waals surface area contributed by atoms with E-state index in [9.17, 15) is 15.0 Å². The third-order valence-corrected chi connectivity index (χ3v) is 3.56. The van der Waals surface area contributed by atoms with Crippen molar-refractivity contribution in [3.63, 3.8) is 0 Å². The van der Waals surface area contributed by atoms with Gasteiger partial charge in [0.25, 0.3) is 5.91 Å². The Morgan fingerprint density at radius 1 is 1.20 bits per heavy atom. The summed E-state index contributed by atoms with van der Waals surface area (Å²) in [6, 6.07) is 4.02. The van der Waals surface area contributed by atoms with Crippen LogP contribution in [0.15, 0.2) is 12.1 Å². The summed E-state index contributed by atoms with van der Waals surface area (Å²) in [5, 5.41) is 18.9. The Kier molecular flexibility index (Phi) is 4.30. The van der Waals surface area contributed by atoms with Gasteiger partial charge in [0.05, 0.1) is 12.2 Å². The highest BCUT2D eigenvalue weighted by Gasteiger charge is 2.32. The first kappa shape index (κ1) is 14.8. The molecule has 110 valence electrons. The number of aliphatic hydroxyl groups excluding tert-OH is 2. The van der Waals surface area contributed by atoms with E-state index in [2.05, 4.69) is 0 Å². The van der Waals surface area contributed by atoms with Gasteiger partial charge in [0.1, 0.15) is 5.75 Å². The molecule has 2 N–H and O–H groups in total. The molecule has 2 atom stereocenters. The number of aryl methyl sites for hydroxylation is 3. The Morgan fingerprint density at radius 2 is 1.70 bits per heavy atom. The molecule has 5 nitrogen and oxygen atoms in total. The molecule has 1 amide bonds. The van der Waals surface area contributed by atoms with Crippen LogP contribution in [0.1, 0.15) is 16.7 Å². The van der Waals surface area contributed by atoms with Gasteiger partial charge >= 0.3 is 0 Å². The first-order valence-electron chi connectivity index (χ1n) is 6.73. The van der Waals surface area contributed by atoms with E-state index in [-0.39, 0.29) is 25.6 Å². The minimum Gasteiger partial charge on any atom is -0.483 e. The van der Waals surface area contributed by atoms with Crippen LogP contribution in [0.3, 0.4) is 0 Å². The molecule has 0 aromatic heterocycles. The topological polar surface area (TPSA) is 70.0 Å². The standard InChI is InChI=1S/C15H21NO4/c1-9-4-10(2)15(11(3)5-9)20-8-14(19)16-6-12(17)13(18)7-16/h4-5,12-13,17-18H,6-8H2,1-3H3/t12-,13+. The van der Waals surface area contributed by atoms with Crippen LogP contribution in [0.25, 0.3) is 0 Å². The van der Waals surface area contributed by atoms with Crippen molar-refractivity contribution in [3.8, 4) is 5.75 Å². The number of aliphatic hydroxyl groups is 2. The summed E-state index contributed by atoms with van der Waals surface area (Å²) in [7, 11) is 0. The quantitative estimate of drug-likeness (QED) is 0.848. The second-order valence-electron chi connectivity index (χ2n) is 5.45.